The molecule has 0 atom stereocenters. The van der Waals surface area contributed by atoms with Crippen LogP contribution in [0.4, 0.5) is 5.82 Å². The molecule has 0 aliphatic carbocycles. The van der Waals surface area contributed by atoms with E-state index in [-0.39, 0.29) is 0 Å². The van der Waals surface area contributed by atoms with Crippen LogP contribution in [0.15, 0.2) is 40.9 Å². The third kappa shape index (κ3) is 3.35. The van der Waals surface area contributed by atoms with Crippen LogP contribution in [-0.2, 0) is 0 Å². The molecule has 1 aromatic heterocycles. The highest BCUT2D eigenvalue weighted by atomic mass is 79.9. The molecule has 1 aliphatic rings. The van der Waals surface area contributed by atoms with E-state index >= 15 is 0 Å². The second kappa shape index (κ2) is 6.33. The van der Waals surface area contributed by atoms with Gasteiger partial charge < -0.3 is 10.6 Å². The van der Waals surface area contributed by atoms with Gasteiger partial charge in [-0.25, -0.2) is 0 Å². The average molecular weight is 333 g/mol. The number of anilines is 1. The van der Waals surface area contributed by atoms with Crippen LogP contribution < -0.4 is 10.6 Å². The highest BCUT2D eigenvalue weighted by Gasteiger charge is 2.13. The summed E-state index contributed by atoms with van der Waals surface area (Å²) in [6.45, 7) is 2.14. The summed E-state index contributed by atoms with van der Waals surface area (Å²) >= 11 is 3.43. The van der Waals surface area contributed by atoms with Gasteiger partial charge in [0.2, 0.25) is 0 Å². The molecule has 0 bridgehead atoms. The summed E-state index contributed by atoms with van der Waals surface area (Å²) in [4.78, 5) is 0. The molecular weight excluding hydrogens is 316 g/mol. The Labute approximate surface area is 127 Å². The van der Waals surface area contributed by atoms with Crippen molar-refractivity contribution in [2.45, 2.75) is 18.9 Å². The lowest BCUT2D eigenvalue weighted by Crippen LogP contribution is -2.35. The smallest absolute Gasteiger partial charge is 0.148 e. The van der Waals surface area contributed by atoms with E-state index < -0.39 is 0 Å². The summed E-state index contributed by atoms with van der Waals surface area (Å²) in [5.41, 5.74) is 1.97. The zero-order valence-electron chi connectivity index (χ0n) is 11.1. The Morgan fingerprint density at radius 3 is 2.40 bits per heavy atom. The number of nitrogens with zero attached hydrogens (tertiary/aromatic N) is 2. The number of piperidine rings is 1. The molecule has 0 amide bonds. The molecule has 0 radical (unpaired) electrons. The fourth-order valence-corrected chi connectivity index (χ4v) is 2.62. The largest absolute Gasteiger partial charge is 0.366 e. The lowest BCUT2D eigenvalue weighted by molar-refractivity contribution is 0.478. The van der Waals surface area contributed by atoms with E-state index in [4.69, 9.17) is 0 Å². The monoisotopic (exact) mass is 332 g/mol. The van der Waals surface area contributed by atoms with Crippen LogP contribution in [0.2, 0.25) is 0 Å². The van der Waals surface area contributed by atoms with Crippen LogP contribution in [0.3, 0.4) is 0 Å². The number of nitrogens with one attached hydrogen (secondary N) is 2. The van der Waals surface area contributed by atoms with E-state index in [1.807, 2.05) is 36.4 Å². The van der Waals surface area contributed by atoms with Crippen molar-refractivity contribution in [3.05, 3.63) is 40.9 Å². The molecule has 104 valence electrons. The fourth-order valence-electron chi connectivity index (χ4n) is 2.36. The molecule has 0 saturated carbocycles. The number of benzene rings is 1. The van der Waals surface area contributed by atoms with Gasteiger partial charge in [0.25, 0.3) is 0 Å². The molecule has 2 aromatic rings. The molecule has 20 heavy (non-hydrogen) atoms. The first-order chi connectivity index (χ1) is 9.81. The Morgan fingerprint density at radius 2 is 1.75 bits per heavy atom. The third-order valence-electron chi connectivity index (χ3n) is 3.50. The molecular formula is C15H17BrN4. The molecule has 0 spiro atoms. The van der Waals surface area contributed by atoms with Crippen molar-refractivity contribution in [2.75, 3.05) is 18.4 Å². The van der Waals surface area contributed by atoms with E-state index in [1.54, 1.807) is 0 Å². The van der Waals surface area contributed by atoms with Crippen LogP contribution in [0, 0.1) is 0 Å². The van der Waals surface area contributed by atoms with Gasteiger partial charge in [0.15, 0.2) is 0 Å². The van der Waals surface area contributed by atoms with Crippen molar-refractivity contribution < 1.29 is 0 Å². The van der Waals surface area contributed by atoms with Gasteiger partial charge in [-0.3, -0.25) is 0 Å². The Bertz CT molecular complexity index is 547. The molecule has 4 nitrogen and oxygen atoms in total. The van der Waals surface area contributed by atoms with Crippen molar-refractivity contribution in [3.8, 4) is 11.3 Å². The molecule has 0 unspecified atom stereocenters. The summed E-state index contributed by atoms with van der Waals surface area (Å²) in [5, 5.41) is 15.4. The minimum atomic E-state index is 0.504. The molecule has 1 fully saturated rings. The predicted molar refractivity (Wildman–Crippen MR) is 84.7 cm³/mol. The van der Waals surface area contributed by atoms with Gasteiger partial charge in [0.1, 0.15) is 5.82 Å². The Balaban J connectivity index is 1.69. The summed E-state index contributed by atoms with van der Waals surface area (Å²) in [5.74, 6) is 0.859. The van der Waals surface area contributed by atoms with E-state index in [0.717, 1.165) is 47.5 Å². The lowest BCUT2D eigenvalue weighted by atomic mass is 10.1. The lowest BCUT2D eigenvalue weighted by Gasteiger charge is -2.23. The topological polar surface area (TPSA) is 49.8 Å². The van der Waals surface area contributed by atoms with E-state index in [0.29, 0.717) is 6.04 Å². The van der Waals surface area contributed by atoms with E-state index in [9.17, 15) is 0 Å². The van der Waals surface area contributed by atoms with Gasteiger partial charge in [-0.05, 0) is 50.2 Å². The Kier molecular flexibility index (Phi) is 4.28. The average Bonchev–Trinajstić information content (AvgIpc) is 2.50. The van der Waals surface area contributed by atoms with Crippen molar-refractivity contribution >= 4 is 21.7 Å². The first-order valence-electron chi connectivity index (χ1n) is 6.88. The summed E-state index contributed by atoms with van der Waals surface area (Å²) < 4.78 is 1.07. The molecule has 1 saturated heterocycles. The third-order valence-corrected chi connectivity index (χ3v) is 4.02. The standard InChI is InChI=1S/C15H17BrN4/c16-12-3-1-11(2-4-12)14-5-6-15(20-19-14)18-13-7-9-17-10-8-13/h1-6,13,17H,7-10H2,(H,18,20). The van der Waals surface area contributed by atoms with Crippen molar-refractivity contribution in [1.82, 2.24) is 15.5 Å². The first kappa shape index (κ1) is 13.5. The minimum Gasteiger partial charge on any atom is -0.366 e. The van der Waals surface area contributed by atoms with Crippen LogP contribution in [0.5, 0.6) is 0 Å². The molecule has 2 heterocycles. The number of aromatic nitrogens is 2. The summed E-state index contributed by atoms with van der Waals surface area (Å²) in [6.07, 6.45) is 2.27. The van der Waals surface area contributed by atoms with Gasteiger partial charge >= 0.3 is 0 Å². The zero-order valence-corrected chi connectivity index (χ0v) is 12.7. The van der Waals surface area contributed by atoms with E-state index in [2.05, 4.69) is 36.8 Å². The highest BCUT2D eigenvalue weighted by Crippen LogP contribution is 2.20. The maximum Gasteiger partial charge on any atom is 0.148 e. The molecule has 1 aliphatic heterocycles. The number of hydrogen-bond donors (Lipinski definition) is 2. The number of halogens is 1. The Morgan fingerprint density at radius 1 is 1.00 bits per heavy atom. The molecule has 2 N–H and O–H groups in total. The first-order valence-corrected chi connectivity index (χ1v) is 7.67. The van der Waals surface area contributed by atoms with E-state index in [1.165, 1.54) is 0 Å². The van der Waals surface area contributed by atoms with Crippen molar-refractivity contribution in [2.24, 2.45) is 0 Å². The second-order valence-electron chi connectivity index (χ2n) is 4.98. The highest BCUT2D eigenvalue weighted by molar-refractivity contribution is 9.10. The molecule has 1 aromatic carbocycles. The van der Waals surface area contributed by atoms with Gasteiger partial charge in [-0.1, -0.05) is 28.1 Å². The fraction of sp³-hybridized carbons (Fsp3) is 0.333. The van der Waals surface area contributed by atoms with Crippen molar-refractivity contribution in [1.29, 1.82) is 0 Å². The van der Waals surface area contributed by atoms with Crippen LogP contribution in [0.25, 0.3) is 11.3 Å². The predicted octanol–water partition coefficient (Wildman–Crippen LogP) is 3.07. The van der Waals surface area contributed by atoms with Crippen LogP contribution in [-0.4, -0.2) is 29.3 Å². The molecule has 3 rings (SSSR count). The summed E-state index contributed by atoms with van der Waals surface area (Å²) in [6, 6.07) is 12.6. The van der Waals surface area contributed by atoms with Crippen molar-refractivity contribution in [3.63, 3.8) is 0 Å². The zero-order chi connectivity index (χ0) is 13.8. The van der Waals surface area contributed by atoms with Gasteiger partial charge in [-0.2, -0.15) is 0 Å². The van der Waals surface area contributed by atoms with Crippen LogP contribution in [0.1, 0.15) is 12.8 Å². The Hall–Kier alpha value is -1.46. The summed E-state index contributed by atoms with van der Waals surface area (Å²) in [7, 11) is 0. The second-order valence-corrected chi connectivity index (χ2v) is 5.89. The maximum atomic E-state index is 4.30. The SMILES string of the molecule is Brc1ccc(-c2ccc(NC3CCNCC3)nn2)cc1. The normalized spacial score (nSPS) is 16.1. The molecule has 5 heteroatoms. The number of hydrogen-bond acceptors (Lipinski definition) is 4. The number of rotatable bonds is 3. The van der Waals surface area contributed by atoms with Crippen LogP contribution >= 0.6 is 15.9 Å². The van der Waals surface area contributed by atoms with Gasteiger partial charge in [0, 0.05) is 16.1 Å². The quantitative estimate of drug-likeness (QED) is 0.906. The van der Waals surface area contributed by atoms with Gasteiger partial charge in [-0.15, -0.1) is 10.2 Å². The maximum absolute atomic E-state index is 4.30. The van der Waals surface area contributed by atoms with Gasteiger partial charge in [0.05, 0.1) is 5.69 Å². The minimum absolute atomic E-state index is 0.504.